The van der Waals surface area contributed by atoms with Crippen LogP contribution in [-0.2, 0) is 4.79 Å². The first-order chi connectivity index (χ1) is 5.80. The van der Waals surface area contributed by atoms with E-state index in [1.54, 1.807) is 0 Å². The van der Waals surface area contributed by atoms with Gasteiger partial charge in [0.05, 0.1) is 0 Å². The molecular formula is C12H24O. The maximum absolute atomic E-state index is 12.0. The number of rotatable bonds is 4. The maximum atomic E-state index is 12.0. The lowest BCUT2D eigenvalue weighted by atomic mass is 9.76. The Morgan fingerprint density at radius 1 is 1.23 bits per heavy atom. The van der Waals surface area contributed by atoms with E-state index >= 15 is 0 Å². The van der Waals surface area contributed by atoms with Crippen LogP contribution in [0.25, 0.3) is 0 Å². The predicted octanol–water partition coefficient (Wildman–Crippen LogP) is 3.67. The minimum atomic E-state index is -0.176. The Morgan fingerprint density at radius 2 is 1.69 bits per heavy atom. The molecule has 78 valence electrons. The van der Waals surface area contributed by atoms with Crippen LogP contribution >= 0.6 is 0 Å². The smallest absolute Gasteiger partial charge is 0.141 e. The van der Waals surface area contributed by atoms with E-state index in [0.29, 0.717) is 11.7 Å². The van der Waals surface area contributed by atoms with Gasteiger partial charge in [-0.1, -0.05) is 48.0 Å². The molecule has 0 aliphatic heterocycles. The summed E-state index contributed by atoms with van der Waals surface area (Å²) in [6, 6.07) is 0. The average Bonchev–Trinajstić information content (AvgIpc) is 1.96. The first-order valence-corrected chi connectivity index (χ1v) is 5.35. The van der Waals surface area contributed by atoms with Crippen molar-refractivity contribution in [3.63, 3.8) is 0 Å². The molecule has 1 heteroatoms. The van der Waals surface area contributed by atoms with Crippen molar-refractivity contribution in [2.75, 3.05) is 0 Å². The van der Waals surface area contributed by atoms with Crippen LogP contribution in [0.1, 0.15) is 54.4 Å². The minimum absolute atomic E-state index is 0.176. The summed E-state index contributed by atoms with van der Waals surface area (Å²) in [6.07, 6.45) is 2.14. The fraction of sp³-hybridized carbons (Fsp3) is 0.917. The van der Waals surface area contributed by atoms with Crippen molar-refractivity contribution in [3.8, 4) is 0 Å². The highest BCUT2D eigenvalue weighted by molar-refractivity contribution is 5.86. The van der Waals surface area contributed by atoms with Crippen LogP contribution < -0.4 is 0 Å². The molecule has 0 heterocycles. The van der Waals surface area contributed by atoms with Crippen LogP contribution in [-0.4, -0.2) is 5.78 Å². The van der Waals surface area contributed by atoms with Crippen molar-refractivity contribution in [2.24, 2.45) is 17.3 Å². The highest BCUT2D eigenvalue weighted by Crippen LogP contribution is 2.28. The molecule has 0 aliphatic carbocycles. The number of carbonyl (C=O) groups excluding carboxylic acids is 1. The SMILES string of the molecule is CCCC(C(=O)C(C)(C)C)C(C)C. The molecule has 0 aromatic rings. The molecule has 0 N–H and O–H groups in total. The number of hydrogen-bond donors (Lipinski definition) is 0. The van der Waals surface area contributed by atoms with Gasteiger partial charge < -0.3 is 0 Å². The molecule has 13 heavy (non-hydrogen) atoms. The van der Waals surface area contributed by atoms with E-state index in [0.717, 1.165) is 12.8 Å². The van der Waals surface area contributed by atoms with Gasteiger partial charge in [-0.15, -0.1) is 0 Å². The quantitative estimate of drug-likeness (QED) is 0.651. The molecule has 0 saturated carbocycles. The molecule has 1 unspecified atom stereocenters. The summed E-state index contributed by atoms with van der Waals surface area (Å²) in [5.74, 6) is 1.15. The Hall–Kier alpha value is -0.330. The van der Waals surface area contributed by atoms with Crippen molar-refractivity contribution in [2.45, 2.75) is 54.4 Å². The first-order valence-electron chi connectivity index (χ1n) is 5.35. The molecular weight excluding hydrogens is 160 g/mol. The fourth-order valence-corrected chi connectivity index (χ4v) is 1.63. The van der Waals surface area contributed by atoms with E-state index < -0.39 is 0 Å². The molecule has 1 atom stereocenters. The van der Waals surface area contributed by atoms with Crippen LogP contribution in [0.3, 0.4) is 0 Å². The Morgan fingerprint density at radius 3 is 1.92 bits per heavy atom. The Labute approximate surface area is 82.9 Å². The van der Waals surface area contributed by atoms with Crippen molar-refractivity contribution >= 4 is 5.78 Å². The van der Waals surface area contributed by atoms with Gasteiger partial charge >= 0.3 is 0 Å². The maximum Gasteiger partial charge on any atom is 0.141 e. The zero-order valence-corrected chi connectivity index (χ0v) is 9.98. The van der Waals surface area contributed by atoms with E-state index in [2.05, 4.69) is 20.8 Å². The highest BCUT2D eigenvalue weighted by Gasteiger charge is 2.30. The standard InChI is InChI=1S/C12H24O/c1-7-8-10(9(2)3)11(13)12(4,5)6/h9-10H,7-8H2,1-6H3. The normalized spacial score (nSPS) is 14.7. The molecule has 0 saturated heterocycles. The van der Waals surface area contributed by atoms with Crippen LogP contribution in [0.15, 0.2) is 0 Å². The van der Waals surface area contributed by atoms with Gasteiger partial charge in [-0.3, -0.25) is 4.79 Å². The second-order valence-electron chi connectivity index (χ2n) is 5.25. The summed E-state index contributed by atoms with van der Waals surface area (Å²) in [7, 11) is 0. The molecule has 0 aromatic carbocycles. The Balaban J connectivity index is 4.47. The lowest BCUT2D eigenvalue weighted by Gasteiger charge is -2.27. The summed E-state index contributed by atoms with van der Waals surface area (Å²) in [5, 5.41) is 0. The lowest BCUT2D eigenvalue weighted by molar-refractivity contribution is -0.132. The topological polar surface area (TPSA) is 17.1 Å². The van der Waals surface area contributed by atoms with Crippen LogP contribution in [0.2, 0.25) is 0 Å². The number of hydrogen-bond acceptors (Lipinski definition) is 1. The van der Waals surface area contributed by atoms with E-state index in [9.17, 15) is 4.79 Å². The van der Waals surface area contributed by atoms with Gasteiger partial charge in [0.25, 0.3) is 0 Å². The molecule has 0 aromatic heterocycles. The monoisotopic (exact) mass is 184 g/mol. The summed E-state index contributed by atoms with van der Waals surface area (Å²) in [4.78, 5) is 12.0. The number of ketones is 1. The van der Waals surface area contributed by atoms with Crippen molar-refractivity contribution in [3.05, 3.63) is 0 Å². The Kier molecular flexibility index (Phi) is 4.66. The van der Waals surface area contributed by atoms with Crippen LogP contribution in [0.4, 0.5) is 0 Å². The second-order valence-corrected chi connectivity index (χ2v) is 5.25. The van der Waals surface area contributed by atoms with E-state index in [-0.39, 0.29) is 11.3 Å². The van der Waals surface area contributed by atoms with Crippen molar-refractivity contribution in [1.82, 2.24) is 0 Å². The van der Waals surface area contributed by atoms with Gasteiger partial charge in [-0.05, 0) is 12.3 Å². The zero-order valence-electron chi connectivity index (χ0n) is 9.98. The van der Waals surface area contributed by atoms with Gasteiger partial charge in [0.15, 0.2) is 0 Å². The highest BCUT2D eigenvalue weighted by atomic mass is 16.1. The molecule has 0 bridgehead atoms. The third-order valence-electron chi connectivity index (χ3n) is 2.48. The summed E-state index contributed by atoms with van der Waals surface area (Å²) < 4.78 is 0. The first kappa shape index (κ1) is 12.7. The van der Waals surface area contributed by atoms with Gasteiger partial charge in [0.1, 0.15) is 5.78 Å². The summed E-state index contributed by atoms with van der Waals surface area (Å²) >= 11 is 0. The van der Waals surface area contributed by atoms with Crippen LogP contribution in [0.5, 0.6) is 0 Å². The second kappa shape index (κ2) is 4.78. The van der Waals surface area contributed by atoms with Gasteiger partial charge in [-0.2, -0.15) is 0 Å². The van der Waals surface area contributed by atoms with Crippen molar-refractivity contribution < 1.29 is 4.79 Å². The molecule has 0 aliphatic rings. The minimum Gasteiger partial charge on any atom is -0.299 e. The summed E-state index contributed by atoms with van der Waals surface area (Å²) in [5.41, 5.74) is -0.176. The molecule has 0 rings (SSSR count). The molecule has 1 nitrogen and oxygen atoms in total. The third-order valence-corrected chi connectivity index (χ3v) is 2.48. The van der Waals surface area contributed by atoms with Gasteiger partial charge in [0, 0.05) is 11.3 Å². The number of carbonyl (C=O) groups is 1. The Bertz CT molecular complexity index is 162. The lowest BCUT2D eigenvalue weighted by Crippen LogP contribution is -2.31. The molecule has 0 spiro atoms. The van der Waals surface area contributed by atoms with Gasteiger partial charge in [-0.25, -0.2) is 0 Å². The molecule has 0 radical (unpaired) electrons. The van der Waals surface area contributed by atoms with E-state index in [1.807, 2.05) is 20.8 Å². The molecule has 0 amide bonds. The largest absolute Gasteiger partial charge is 0.299 e. The summed E-state index contributed by atoms with van der Waals surface area (Å²) in [6.45, 7) is 12.5. The fourth-order valence-electron chi connectivity index (χ4n) is 1.63. The average molecular weight is 184 g/mol. The van der Waals surface area contributed by atoms with E-state index in [4.69, 9.17) is 0 Å². The zero-order chi connectivity index (χ0) is 10.6. The predicted molar refractivity (Wildman–Crippen MR) is 57.7 cm³/mol. The third kappa shape index (κ3) is 3.93. The van der Waals surface area contributed by atoms with E-state index in [1.165, 1.54) is 0 Å². The number of Topliss-reactive ketones (excluding diaryl/α,β-unsaturated/α-hetero) is 1. The van der Waals surface area contributed by atoms with Gasteiger partial charge in [0.2, 0.25) is 0 Å². The molecule has 0 fully saturated rings. The van der Waals surface area contributed by atoms with Crippen LogP contribution in [0, 0.1) is 17.3 Å². The van der Waals surface area contributed by atoms with Crippen molar-refractivity contribution in [1.29, 1.82) is 0 Å².